The minimum absolute atomic E-state index is 0.0231. The highest BCUT2D eigenvalue weighted by Crippen LogP contribution is 2.43. The molecule has 1 atom stereocenters. The van der Waals surface area contributed by atoms with Gasteiger partial charge in [0.15, 0.2) is 0 Å². The molecule has 1 aliphatic heterocycles. The van der Waals surface area contributed by atoms with Crippen molar-refractivity contribution in [3.8, 4) is 0 Å². The van der Waals surface area contributed by atoms with Crippen LogP contribution in [0.25, 0.3) is 0 Å². The fraction of sp³-hybridized carbons (Fsp3) is 0.393. The van der Waals surface area contributed by atoms with Gasteiger partial charge in [-0.3, -0.25) is 9.97 Å². The molecule has 17 heteroatoms. The molecule has 4 aromatic rings. The fourth-order valence-corrected chi connectivity index (χ4v) is 5.33. The maximum absolute atomic E-state index is 14.1. The molecule has 0 aliphatic carbocycles. The molecule has 0 N–H and O–H groups in total. The van der Waals surface area contributed by atoms with E-state index in [-0.39, 0.29) is 54.2 Å². The van der Waals surface area contributed by atoms with Crippen molar-refractivity contribution in [2.24, 2.45) is 7.05 Å². The van der Waals surface area contributed by atoms with Crippen molar-refractivity contribution in [3.05, 3.63) is 88.0 Å². The summed E-state index contributed by atoms with van der Waals surface area (Å²) < 4.78 is 124. The van der Waals surface area contributed by atoms with Crippen LogP contribution >= 0.6 is 0 Å². The van der Waals surface area contributed by atoms with Crippen molar-refractivity contribution in [3.63, 3.8) is 0 Å². The summed E-state index contributed by atoms with van der Waals surface area (Å²) in [5, 5.41) is 11.9. The molecule has 0 saturated heterocycles. The largest absolute Gasteiger partial charge is 0.418 e. The first-order chi connectivity index (χ1) is 21.0. The fourth-order valence-electron chi connectivity index (χ4n) is 5.33. The van der Waals surface area contributed by atoms with E-state index in [0.717, 1.165) is 10.9 Å². The van der Waals surface area contributed by atoms with E-state index in [1.165, 1.54) is 18.9 Å². The molecule has 0 saturated carbocycles. The van der Waals surface area contributed by atoms with Gasteiger partial charge in [-0.1, -0.05) is 11.2 Å². The first-order valence-electron chi connectivity index (χ1n) is 13.5. The van der Waals surface area contributed by atoms with E-state index in [0.29, 0.717) is 24.1 Å². The van der Waals surface area contributed by atoms with Crippen molar-refractivity contribution in [1.82, 2.24) is 30.2 Å². The molecule has 1 unspecified atom stereocenters. The van der Waals surface area contributed by atoms with Gasteiger partial charge in [0, 0.05) is 32.0 Å². The number of nitrogens with zero attached hydrogens (tertiary/aromatic N) is 8. The molecule has 0 fully saturated rings. The van der Waals surface area contributed by atoms with Gasteiger partial charge >= 0.3 is 18.5 Å². The van der Waals surface area contributed by atoms with Crippen LogP contribution in [-0.2, 0) is 38.7 Å². The van der Waals surface area contributed by atoms with Crippen LogP contribution in [0.5, 0.6) is 0 Å². The highest BCUT2D eigenvalue weighted by molar-refractivity contribution is 5.58. The standard InChI is InChI=1S/C28H25F9N8/c1-16-21(28(35,36)37)12-23-24(39-16)22(6-4-8-44(23)14-17-5-3-7-38-13-17)45(25-40-42-43(2)41-25)15-18-9-19(26(29,30)31)11-20(10-18)27(32,33)34/h3,5,7,9-13,22H,4,6,8,14-15H2,1-2H3. The second-order valence-electron chi connectivity index (χ2n) is 10.6. The van der Waals surface area contributed by atoms with E-state index in [4.69, 9.17) is 0 Å². The molecule has 0 bridgehead atoms. The SMILES string of the molecule is Cc1nc2c(cc1C(F)(F)F)N(Cc1cccnc1)CCCC2N(Cc1cc(C(F)(F)F)cc(C(F)(F)F)c1)c1nnn(C)n1. The van der Waals surface area contributed by atoms with Gasteiger partial charge in [0.2, 0.25) is 0 Å². The number of tetrazole rings is 1. The van der Waals surface area contributed by atoms with Crippen LogP contribution in [0.3, 0.4) is 0 Å². The molecule has 0 radical (unpaired) electrons. The van der Waals surface area contributed by atoms with E-state index in [9.17, 15) is 39.5 Å². The monoisotopic (exact) mass is 644 g/mol. The number of aromatic nitrogens is 6. The molecule has 8 nitrogen and oxygen atoms in total. The third kappa shape index (κ3) is 7.12. The van der Waals surface area contributed by atoms with Gasteiger partial charge in [-0.05, 0) is 66.4 Å². The van der Waals surface area contributed by atoms with Crippen LogP contribution in [0.1, 0.15) is 58.1 Å². The van der Waals surface area contributed by atoms with Crippen molar-refractivity contribution in [2.45, 2.75) is 57.4 Å². The summed E-state index contributed by atoms with van der Waals surface area (Å²) in [6, 6.07) is 4.66. The van der Waals surface area contributed by atoms with Crippen molar-refractivity contribution in [1.29, 1.82) is 0 Å². The van der Waals surface area contributed by atoms with Crippen LogP contribution in [0.2, 0.25) is 0 Å². The highest BCUT2D eigenvalue weighted by Gasteiger charge is 2.40. The number of halogens is 9. The highest BCUT2D eigenvalue weighted by atomic mass is 19.4. The summed E-state index contributed by atoms with van der Waals surface area (Å²) in [7, 11) is 1.41. The molecule has 0 spiro atoms. The summed E-state index contributed by atoms with van der Waals surface area (Å²) in [5.74, 6) is -0.153. The zero-order valence-electron chi connectivity index (χ0n) is 23.7. The van der Waals surface area contributed by atoms with Gasteiger partial charge in [0.1, 0.15) is 0 Å². The van der Waals surface area contributed by atoms with Crippen LogP contribution in [0, 0.1) is 6.92 Å². The molecule has 0 amide bonds. The number of rotatable bonds is 6. The number of hydrogen-bond donors (Lipinski definition) is 0. The third-order valence-electron chi connectivity index (χ3n) is 7.32. The average Bonchev–Trinajstić information content (AvgIpc) is 3.30. The summed E-state index contributed by atoms with van der Waals surface area (Å²) in [4.78, 5) is 12.5. The summed E-state index contributed by atoms with van der Waals surface area (Å²) in [6.07, 6.45) is -11.2. The number of pyridine rings is 2. The zero-order chi connectivity index (χ0) is 32.7. The summed E-state index contributed by atoms with van der Waals surface area (Å²) in [5.41, 5.74) is -3.77. The van der Waals surface area contributed by atoms with Crippen LogP contribution < -0.4 is 9.80 Å². The lowest BCUT2D eigenvalue weighted by molar-refractivity contribution is -0.143. The lowest BCUT2D eigenvalue weighted by Gasteiger charge is -2.32. The maximum Gasteiger partial charge on any atom is 0.418 e. The Morgan fingerprint density at radius 1 is 0.911 bits per heavy atom. The van der Waals surface area contributed by atoms with Gasteiger partial charge in [-0.15, -0.1) is 5.10 Å². The van der Waals surface area contributed by atoms with Gasteiger partial charge in [-0.2, -0.15) is 44.3 Å². The first-order valence-corrected chi connectivity index (χ1v) is 13.5. The lowest BCUT2D eigenvalue weighted by atomic mass is 10.0. The average molecular weight is 645 g/mol. The van der Waals surface area contributed by atoms with E-state index in [1.807, 2.05) is 0 Å². The van der Waals surface area contributed by atoms with Crippen molar-refractivity contribution >= 4 is 11.6 Å². The van der Waals surface area contributed by atoms with Crippen LogP contribution in [0.4, 0.5) is 51.1 Å². The quantitative estimate of drug-likeness (QED) is 0.211. The molecule has 1 aromatic carbocycles. The Labute approximate surface area is 250 Å². The van der Waals surface area contributed by atoms with Crippen molar-refractivity contribution in [2.75, 3.05) is 16.3 Å². The number of anilines is 2. The molecule has 45 heavy (non-hydrogen) atoms. The molecule has 3 aromatic heterocycles. The van der Waals surface area contributed by atoms with Gasteiger partial charge < -0.3 is 9.80 Å². The zero-order valence-corrected chi connectivity index (χ0v) is 23.7. The number of hydrogen-bond acceptors (Lipinski definition) is 7. The van der Waals surface area contributed by atoms with Gasteiger partial charge in [-0.25, -0.2) is 0 Å². The second kappa shape index (κ2) is 11.8. The van der Waals surface area contributed by atoms with Crippen LogP contribution in [0.15, 0.2) is 48.8 Å². The Hall–Kier alpha value is -4.44. The molecule has 240 valence electrons. The number of benzene rings is 1. The predicted octanol–water partition coefficient (Wildman–Crippen LogP) is 6.91. The lowest BCUT2D eigenvalue weighted by Crippen LogP contribution is -2.31. The smallest absolute Gasteiger partial charge is 0.366 e. The molecular weight excluding hydrogens is 619 g/mol. The minimum Gasteiger partial charge on any atom is -0.366 e. The normalized spacial score (nSPS) is 16.0. The Balaban J connectivity index is 1.67. The number of fused-ring (bicyclic) bond motifs is 1. The van der Waals surface area contributed by atoms with Crippen LogP contribution in [-0.4, -0.2) is 36.7 Å². The molecule has 4 heterocycles. The number of aryl methyl sites for hydroxylation is 2. The Kier molecular flexibility index (Phi) is 8.39. The molecule has 1 aliphatic rings. The van der Waals surface area contributed by atoms with E-state index >= 15 is 0 Å². The second-order valence-corrected chi connectivity index (χ2v) is 10.6. The molecular formula is C28H25F9N8. The van der Waals surface area contributed by atoms with Crippen molar-refractivity contribution < 1.29 is 39.5 Å². The predicted molar refractivity (Wildman–Crippen MR) is 143 cm³/mol. The maximum atomic E-state index is 14.1. The topological polar surface area (TPSA) is 75.9 Å². The Morgan fingerprint density at radius 2 is 1.60 bits per heavy atom. The third-order valence-corrected chi connectivity index (χ3v) is 7.32. The summed E-state index contributed by atoms with van der Waals surface area (Å²) in [6.45, 7) is 1.06. The van der Waals surface area contributed by atoms with E-state index in [1.54, 1.807) is 29.4 Å². The van der Waals surface area contributed by atoms with E-state index < -0.39 is 47.8 Å². The van der Waals surface area contributed by atoms with E-state index in [2.05, 4.69) is 25.4 Å². The number of alkyl halides is 9. The first kappa shape index (κ1) is 32.0. The van der Waals surface area contributed by atoms with Gasteiger partial charge in [0.05, 0.1) is 46.9 Å². The molecule has 5 rings (SSSR count). The minimum atomic E-state index is -5.08. The Morgan fingerprint density at radius 3 is 2.16 bits per heavy atom. The summed E-state index contributed by atoms with van der Waals surface area (Å²) >= 11 is 0. The Bertz CT molecular complexity index is 1620. The van der Waals surface area contributed by atoms with Gasteiger partial charge in [0.25, 0.3) is 5.95 Å².